The number of nitrogens with zero attached hydrogens (tertiary/aromatic N) is 1. The highest BCUT2D eigenvalue weighted by Gasteiger charge is 2.19. The molecule has 4 aromatic rings. The van der Waals surface area contributed by atoms with Crippen LogP contribution in [0, 0.1) is 0 Å². The van der Waals surface area contributed by atoms with Crippen molar-refractivity contribution >= 4 is 28.5 Å². The summed E-state index contributed by atoms with van der Waals surface area (Å²) >= 11 is 5.98. The van der Waals surface area contributed by atoms with Gasteiger partial charge in [-0.1, -0.05) is 23.7 Å². The second-order valence-electron chi connectivity index (χ2n) is 6.76. The normalized spacial score (nSPS) is 11.0. The van der Waals surface area contributed by atoms with Gasteiger partial charge in [-0.15, -0.1) is 0 Å². The van der Waals surface area contributed by atoms with E-state index >= 15 is 0 Å². The zero-order valence-electron chi connectivity index (χ0n) is 15.9. The van der Waals surface area contributed by atoms with E-state index < -0.39 is 0 Å². The van der Waals surface area contributed by atoms with E-state index in [0.29, 0.717) is 18.1 Å². The van der Waals surface area contributed by atoms with Gasteiger partial charge in [-0.25, -0.2) is 0 Å². The Morgan fingerprint density at radius 2 is 1.90 bits per heavy atom. The van der Waals surface area contributed by atoms with Crippen molar-refractivity contribution in [2.24, 2.45) is 0 Å². The molecule has 0 spiro atoms. The Morgan fingerprint density at radius 1 is 1.07 bits per heavy atom. The Hall–Kier alpha value is -3.18. The maximum absolute atomic E-state index is 13.2. The van der Waals surface area contributed by atoms with Gasteiger partial charge in [0.1, 0.15) is 17.1 Å². The Labute approximate surface area is 173 Å². The number of halogens is 1. The lowest BCUT2D eigenvalue weighted by molar-refractivity contribution is -0.132. The highest BCUT2D eigenvalue weighted by molar-refractivity contribution is 6.30. The van der Waals surface area contributed by atoms with Crippen LogP contribution >= 0.6 is 11.6 Å². The highest BCUT2D eigenvalue weighted by atomic mass is 35.5. The van der Waals surface area contributed by atoms with Crippen LogP contribution in [0.25, 0.3) is 11.0 Å². The first-order chi connectivity index (χ1) is 14.1. The maximum Gasteiger partial charge on any atom is 0.227 e. The van der Waals surface area contributed by atoms with E-state index in [1.54, 1.807) is 24.5 Å². The SMILES string of the molecule is COc1ccc2occ(CC(=O)N(Cc3ccc(Cl)cc3)Cc3ccco3)c2c1. The zero-order valence-corrected chi connectivity index (χ0v) is 16.7. The minimum absolute atomic E-state index is 0.0260. The molecule has 0 radical (unpaired) electrons. The first-order valence-electron chi connectivity index (χ1n) is 9.21. The summed E-state index contributed by atoms with van der Waals surface area (Å²) < 4.78 is 16.4. The number of ether oxygens (including phenoxy) is 1. The van der Waals surface area contributed by atoms with Gasteiger partial charge in [-0.3, -0.25) is 4.79 Å². The molecule has 0 N–H and O–H groups in total. The topological polar surface area (TPSA) is 55.8 Å². The highest BCUT2D eigenvalue weighted by Crippen LogP contribution is 2.27. The third kappa shape index (κ3) is 4.46. The minimum atomic E-state index is -0.0260. The first kappa shape index (κ1) is 19.2. The van der Waals surface area contributed by atoms with Crippen LogP contribution in [-0.2, 0) is 24.3 Å². The molecule has 0 bridgehead atoms. The Bertz CT molecular complexity index is 1100. The number of carbonyl (C=O) groups is 1. The molecule has 2 aromatic heterocycles. The molecule has 1 amide bonds. The summed E-state index contributed by atoms with van der Waals surface area (Å²) in [6.45, 7) is 0.837. The third-order valence-electron chi connectivity index (χ3n) is 4.77. The molecule has 0 aliphatic heterocycles. The summed E-state index contributed by atoms with van der Waals surface area (Å²) in [5.41, 5.74) is 2.54. The van der Waals surface area contributed by atoms with E-state index in [1.165, 1.54) is 0 Å². The van der Waals surface area contributed by atoms with Gasteiger partial charge in [0.05, 0.1) is 32.6 Å². The molecule has 2 aromatic carbocycles. The third-order valence-corrected chi connectivity index (χ3v) is 5.02. The standard InChI is InChI=1S/C23H20ClNO4/c1-27-19-8-9-22-21(12-19)17(15-29-22)11-23(26)25(14-20-3-2-10-28-20)13-16-4-6-18(24)7-5-16/h2-10,12,15H,11,13-14H2,1H3. The average Bonchev–Trinajstić information content (AvgIpc) is 3.39. The van der Waals surface area contributed by atoms with Crippen LogP contribution in [0.4, 0.5) is 0 Å². The molecule has 0 saturated carbocycles. The molecular weight excluding hydrogens is 390 g/mol. The van der Waals surface area contributed by atoms with E-state index in [4.69, 9.17) is 25.2 Å². The fourth-order valence-electron chi connectivity index (χ4n) is 3.23. The molecular formula is C23H20ClNO4. The Morgan fingerprint density at radius 3 is 2.62 bits per heavy atom. The molecule has 0 saturated heterocycles. The molecule has 0 atom stereocenters. The van der Waals surface area contributed by atoms with Crippen molar-refractivity contribution in [3.8, 4) is 5.75 Å². The van der Waals surface area contributed by atoms with Crippen LogP contribution < -0.4 is 4.74 Å². The summed E-state index contributed by atoms with van der Waals surface area (Å²) in [6, 6.07) is 16.7. The number of amides is 1. The predicted molar refractivity (Wildman–Crippen MR) is 111 cm³/mol. The summed E-state index contributed by atoms with van der Waals surface area (Å²) in [4.78, 5) is 15.0. The first-order valence-corrected chi connectivity index (χ1v) is 9.59. The van der Waals surface area contributed by atoms with Gasteiger partial charge < -0.3 is 18.5 Å². The summed E-state index contributed by atoms with van der Waals surface area (Å²) in [6.07, 6.45) is 3.46. The van der Waals surface area contributed by atoms with Crippen LogP contribution in [0.15, 0.2) is 76.0 Å². The second-order valence-corrected chi connectivity index (χ2v) is 7.19. The fourth-order valence-corrected chi connectivity index (χ4v) is 3.36. The van der Waals surface area contributed by atoms with E-state index in [0.717, 1.165) is 33.6 Å². The van der Waals surface area contributed by atoms with Gasteiger partial charge >= 0.3 is 0 Å². The summed E-state index contributed by atoms with van der Waals surface area (Å²) in [5, 5.41) is 1.54. The molecule has 5 nitrogen and oxygen atoms in total. The van der Waals surface area contributed by atoms with Gasteiger partial charge in [0.25, 0.3) is 0 Å². The second kappa shape index (κ2) is 8.45. The van der Waals surface area contributed by atoms with E-state index in [1.807, 2.05) is 54.6 Å². The van der Waals surface area contributed by atoms with Crippen molar-refractivity contribution in [2.75, 3.05) is 7.11 Å². The van der Waals surface area contributed by atoms with Gasteiger partial charge in [0.15, 0.2) is 0 Å². The fraction of sp³-hybridized carbons (Fsp3) is 0.174. The lowest BCUT2D eigenvalue weighted by Crippen LogP contribution is -2.31. The maximum atomic E-state index is 13.2. The van der Waals surface area contributed by atoms with Crippen molar-refractivity contribution in [1.82, 2.24) is 4.90 Å². The number of hydrogen-bond acceptors (Lipinski definition) is 4. The molecule has 2 heterocycles. The average molecular weight is 410 g/mol. The van der Waals surface area contributed by atoms with Gasteiger partial charge in [-0.2, -0.15) is 0 Å². The molecule has 0 aliphatic rings. The number of hydrogen-bond donors (Lipinski definition) is 0. The Kier molecular flexibility index (Phi) is 5.58. The van der Waals surface area contributed by atoms with Crippen LogP contribution in [-0.4, -0.2) is 17.9 Å². The molecule has 6 heteroatoms. The van der Waals surface area contributed by atoms with Gasteiger partial charge in [0.2, 0.25) is 5.91 Å². The van der Waals surface area contributed by atoms with Gasteiger partial charge in [-0.05, 0) is 48.0 Å². The number of carbonyl (C=O) groups excluding carboxylic acids is 1. The van der Waals surface area contributed by atoms with Crippen LogP contribution in [0.1, 0.15) is 16.9 Å². The van der Waals surface area contributed by atoms with Gasteiger partial charge in [0, 0.05) is 22.5 Å². The van der Waals surface area contributed by atoms with E-state index in [9.17, 15) is 4.79 Å². The van der Waals surface area contributed by atoms with Crippen molar-refractivity contribution in [1.29, 1.82) is 0 Å². The van der Waals surface area contributed by atoms with Crippen molar-refractivity contribution in [3.63, 3.8) is 0 Å². The molecule has 0 aliphatic carbocycles. The van der Waals surface area contributed by atoms with Crippen molar-refractivity contribution in [3.05, 3.63) is 89.0 Å². The number of benzene rings is 2. The molecule has 4 rings (SSSR count). The smallest absolute Gasteiger partial charge is 0.227 e. The minimum Gasteiger partial charge on any atom is -0.497 e. The predicted octanol–water partition coefficient (Wildman–Crippen LogP) is 5.46. The monoisotopic (exact) mass is 409 g/mol. The van der Waals surface area contributed by atoms with E-state index in [-0.39, 0.29) is 12.3 Å². The Balaban J connectivity index is 1.58. The van der Waals surface area contributed by atoms with Crippen LogP contribution in [0.5, 0.6) is 5.75 Å². The zero-order chi connectivity index (χ0) is 20.2. The van der Waals surface area contributed by atoms with Crippen LogP contribution in [0.3, 0.4) is 0 Å². The number of rotatable bonds is 7. The lowest BCUT2D eigenvalue weighted by atomic mass is 10.1. The number of methoxy groups -OCH3 is 1. The largest absolute Gasteiger partial charge is 0.497 e. The molecule has 0 unspecified atom stereocenters. The quantitative estimate of drug-likeness (QED) is 0.406. The number of furan rings is 2. The summed E-state index contributed by atoms with van der Waals surface area (Å²) in [7, 11) is 1.61. The van der Waals surface area contributed by atoms with E-state index in [2.05, 4.69) is 0 Å². The van der Waals surface area contributed by atoms with Crippen molar-refractivity contribution < 1.29 is 18.4 Å². The lowest BCUT2D eigenvalue weighted by Gasteiger charge is -2.22. The van der Waals surface area contributed by atoms with Crippen LogP contribution in [0.2, 0.25) is 5.02 Å². The summed E-state index contributed by atoms with van der Waals surface area (Å²) in [5.74, 6) is 1.43. The molecule has 148 valence electrons. The molecule has 29 heavy (non-hydrogen) atoms. The number of fused-ring (bicyclic) bond motifs is 1. The van der Waals surface area contributed by atoms with Crippen molar-refractivity contribution in [2.45, 2.75) is 19.5 Å². The molecule has 0 fully saturated rings.